The van der Waals surface area contributed by atoms with Crippen molar-refractivity contribution in [3.63, 3.8) is 0 Å². The van der Waals surface area contributed by atoms with Gasteiger partial charge in [0, 0.05) is 23.8 Å². The van der Waals surface area contributed by atoms with Gasteiger partial charge in [-0.25, -0.2) is 0 Å². The van der Waals surface area contributed by atoms with E-state index in [4.69, 9.17) is 20.0 Å². The number of rotatable bonds is 9. The van der Waals surface area contributed by atoms with Crippen LogP contribution >= 0.6 is 0 Å². The van der Waals surface area contributed by atoms with E-state index in [1.54, 1.807) is 6.08 Å². The van der Waals surface area contributed by atoms with Crippen molar-refractivity contribution in [3.8, 4) is 23.6 Å². The fourth-order valence-electron chi connectivity index (χ4n) is 5.14. The summed E-state index contributed by atoms with van der Waals surface area (Å²) in [6.07, 6.45) is 4.62. The van der Waals surface area contributed by atoms with Crippen LogP contribution in [0.1, 0.15) is 50.2 Å². The molecule has 0 bridgehead atoms. The van der Waals surface area contributed by atoms with E-state index in [9.17, 15) is 10.2 Å². The smallest absolute Gasteiger partial charge is 0.133 e. The van der Waals surface area contributed by atoms with E-state index in [0.717, 1.165) is 29.7 Å². The zero-order chi connectivity index (χ0) is 25.0. The Morgan fingerprint density at radius 2 is 1.89 bits per heavy atom. The van der Waals surface area contributed by atoms with E-state index in [1.165, 1.54) is 0 Å². The summed E-state index contributed by atoms with van der Waals surface area (Å²) >= 11 is 0. The number of nitriles is 2. The lowest BCUT2D eigenvalue weighted by atomic mass is 9.85. The number of benzene rings is 2. The molecule has 5 atom stereocenters. The summed E-state index contributed by atoms with van der Waals surface area (Å²) in [5.41, 5.74) is 1.30. The predicted octanol–water partition coefficient (Wildman–Crippen LogP) is 4.67. The van der Waals surface area contributed by atoms with Crippen LogP contribution < -0.4 is 9.47 Å². The van der Waals surface area contributed by atoms with Gasteiger partial charge in [0.15, 0.2) is 0 Å². The fourth-order valence-corrected chi connectivity index (χ4v) is 5.14. The van der Waals surface area contributed by atoms with Crippen LogP contribution in [0, 0.1) is 34.5 Å². The van der Waals surface area contributed by atoms with Crippen LogP contribution in [-0.4, -0.2) is 34.1 Å². The van der Waals surface area contributed by atoms with Crippen molar-refractivity contribution >= 4 is 0 Å². The maximum atomic E-state index is 10.9. The highest BCUT2D eigenvalue weighted by molar-refractivity contribution is 5.49. The van der Waals surface area contributed by atoms with Crippen LogP contribution in [0.25, 0.3) is 0 Å². The Kier molecular flexibility index (Phi) is 7.45. The Morgan fingerprint density at radius 3 is 2.60 bits per heavy atom. The molecule has 2 aromatic rings. The molecule has 1 aliphatic carbocycles. The second kappa shape index (κ2) is 10.5. The minimum atomic E-state index is -0.865. The quantitative estimate of drug-likeness (QED) is 0.514. The molecule has 182 valence electrons. The number of aliphatic hydroxyl groups is 2. The average Bonchev–Trinajstić information content (AvgIpc) is 3.35. The first-order valence-electron chi connectivity index (χ1n) is 12.2. The molecular formula is C29H32N2O4. The first-order valence-corrected chi connectivity index (χ1v) is 12.2. The van der Waals surface area contributed by atoms with E-state index >= 15 is 0 Å². The molecule has 0 radical (unpaired) electrons. The van der Waals surface area contributed by atoms with Gasteiger partial charge in [-0.2, -0.15) is 10.5 Å². The monoisotopic (exact) mass is 472 g/mol. The highest BCUT2D eigenvalue weighted by Gasteiger charge is 2.49. The van der Waals surface area contributed by atoms with E-state index in [0.29, 0.717) is 18.6 Å². The molecule has 0 saturated heterocycles. The number of fused-ring (bicyclic) bond motifs is 3. The lowest BCUT2D eigenvalue weighted by molar-refractivity contribution is -0.00221. The van der Waals surface area contributed by atoms with Crippen LogP contribution in [0.4, 0.5) is 0 Å². The molecule has 1 saturated carbocycles. The van der Waals surface area contributed by atoms with E-state index < -0.39 is 23.7 Å². The highest BCUT2D eigenvalue weighted by Crippen LogP contribution is 2.52. The first kappa shape index (κ1) is 24.8. The molecule has 2 N–H and O–H groups in total. The Balaban J connectivity index is 1.47. The van der Waals surface area contributed by atoms with Gasteiger partial charge in [-0.05, 0) is 50.8 Å². The molecule has 0 aromatic heterocycles. The highest BCUT2D eigenvalue weighted by atomic mass is 16.5. The van der Waals surface area contributed by atoms with Gasteiger partial charge in [0.1, 0.15) is 35.2 Å². The molecule has 35 heavy (non-hydrogen) atoms. The van der Waals surface area contributed by atoms with Crippen molar-refractivity contribution in [2.75, 3.05) is 0 Å². The van der Waals surface area contributed by atoms with Crippen molar-refractivity contribution in [1.82, 2.24) is 0 Å². The number of ether oxygens (including phenoxy) is 2. The molecule has 1 fully saturated rings. The summed E-state index contributed by atoms with van der Waals surface area (Å²) in [5, 5.41) is 39.7. The minimum Gasteiger partial charge on any atom is -0.489 e. The third-order valence-electron chi connectivity index (χ3n) is 7.09. The van der Waals surface area contributed by atoms with Gasteiger partial charge < -0.3 is 19.7 Å². The topological polar surface area (TPSA) is 106 Å². The van der Waals surface area contributed by atoms with E-state index in [-0.39, 0.29) is 17.9 Å². The van der Waals surface area contributed by atoms with E-state index in [1.807, 2.05) is 74.5 Å². The molecule has 6 nitrogen and oxygen atoms in total. The maximum absolute atomic E-state index is 10.9. The van der Waals surface area contributed by atoms with E-state index in [2.05, 4.69) is 6.07 Å². The van der Waals surface area contributed by atoms with Crippen LogP contribution in [0.2, 0.25) is 0 Å². The number of hydrogen-bond donors (Lipinski definition) is 2. The average molecular weight is 473 g/mol. The molecule has 1 aliphatic heterocycles. The van der Waals surface area contributed by atoms with Gasteiger partial charge in [-0.1, -0.05) is 48.6 Å². The van der Waals surface area contributed by atoms with Gasteiger partial charge in [0.25, 0.3) is 0 Å². The molecule has 4 rings (SSSR count). The lowest BCUT2D eigenvalue weighted by Crippen LogP contribution is -2.41. The van der Waals surface area contributed by atoms with Gasteiger partial charge in [0.2, 0.25) is 0 Å². The number of para-hydroxylation sites is 2. The first-order chi connectivity index (χ1) is 16.8. The fraction of sp³-hybridized carbons (Fsp3) is 0.448. The third-order valence-corrected chi connectivity index (χ3v) is 7.09. The van der Waals surface area contributed by atoms with Gasteiger partial charge in [-0.15, -0.1) is 0 Å². The normalized spacial score (nSPS) is 23.9. The molecule has 1 heterocycles. The van der Waals surface area contributed by atoms with Crippen LogP contribution in [0.3, 0.4) is 0 Å². The van der Waals surface area contributed by atoms with Crippen LogP contribution in [0.15, 0.2) is 60.7 Å². The van der Waals surface area contributed by atoms with Crippen molar-refractivity contribution in [3.05, 3.63) is 71.8 Å². The standard InChI is InChI=1S/C29H32N2O4/c1-29(2,35-21-11-4-3-5-12-21)26(33)15-14-22-24(32)16-25-27(22)23-13-7-10-20(28(23)34-25)9-6-8-19(17-30)18-31/h3-5,7,10-15,19,22,24-27,32-33H,6,8-9,16H2,1-2H3/b15-14+/t22-,24+,25-,26+,27-/m0/s1. The predicted molar refractivity (Wildman–Crippen MR) is 132 cm³/mol. The van der Waals surface area contributed by atoms with Gasteiger partial charge >= 0.3 is 0 Å². The largest absolute Gasteiger partial charge is 0.489 e. The molecule has 0 spiro atoms. The second-order valence-corrected chi connectivity index (χ2v) is 9.95. The summed E-state index contributed by atoms with van der Waals surface area (Å²) in [4.78, 5) is 0. The Labute approximate surface area is 207 Å². The molecule has 2 aromatic carbocycles. The number of aryl methyl sites for hydroxylation is 1. The second-order valence-electron chi connectivity index (χ2n) is 9.95. The summed E-state index contributed by atoms with van der Waals surface area (Å²) in [7, 11) is 0. The molecule has 0 unspecified atom stereocenters. The Bertz CT molecular complexity index is 1120. The van der Waals surface area contributed by atoms with Crippen molar-refractivity contribution in [2.24, 2.45) is 11.8 Å². The number of aliphatic hydroxyl groups excluding tert-OH is 2. The maximum Gasteiger partial charge on any atom is 0.133 e. The Morgan fingerprint density at radius 1 is 1.14 bits per heavy atom. The molecular weight excluding hydrogens is 440 g/mol. The summed E-state index contributed by atoms with van der Waals surface area (Å²) in [5.74, 6) is 0.796. The van der Waals surface area contributed by atoms with Gasteiger partial charge in [0.05, 0.1) is 18.2 Å². The van der Waals surface area contributed by atoms with Crippen LogP contribution in [0.5, 0.6) is 11.5 Å². The lowest BCUT2D eigenvalue weighted by Gasteiger charge is -2.30. The SMILES string of the molecule is CC(C)(Oc1ccccc1)[C@H](O)/C=C/[C@@H]1[C@H]2c3cccc(CCCC(C#N)C#N)c3O[C@H]2C[C@H]1O. The van der Waals surface area contributed by atoms with Crippen molar-refractivity contribution < 1.29 is 19.7 Å². The molecule has 0 amide bonds. The third kappa shape index (κ3) is 5.35. The molecule has 2 aliphatic rings. The van der Waals surface area contributed by atoms with Crippen LogP contribution in [-0.2, 0) is 6.42 Å². The summed E-state index contributed by atoms with van der Waals surface area (Å²) < 4.78 is 12.3. The van der Waals surface area contributed by atoms with Crippen molar-refractivity contribution in [2.45, 2.75) is 69.4 Å². The Hall–Kier alpha value is -3.32. The summed E-state index contributed by atoms with van der Waals surface area (Å²) in [6.45, 7) is 3.68. The zero-order valence-electron chi connectivity index (χ0n) is 20.2. The summed E-state index contributed by atoms with van der Waals surface area (Å²) in [6, 6.07) is 19.5. The number of nitrogens with zero attached hydrogens (tertiary/aromatic N) is 2. The number of hydrogen-bond acceptors (Lipinski definition) is 6. The zero-order valence-corrected chi connectivity index (χ0v) is 20.2. The minimum absolute atomic E-state index is 0.00696. The van der Waals surface area contributed by atoms with Crippen molar-refractivity contribution in [1.29, 1.82) is 10.5 Å². The molecule has 6 heteroatoms. The van der Waals surface area contributed by atoms with Gasteiger partial charge in [-0.3, -0.25) is 0 Å².